The average molecular weight is 566 g/mol. The van der Waals surface area contributed by atoms with E-state index >= 15 is 0 Å². The fourth-order valence-corrected chi connectivity index (χ4v) is 6.39. The van der Waals surface area contributed by atoms with Gasteiger partial charge in [0, 0.05) is 50.1 Å². The molecule has 0 unspecified atom stereocenters. The highest BCUT2D eigenvalue weighted by Crippen LogP contribution is 2.39. The van der Waals surface area contributed by atoms with E-state index in [2.05, 4.69) is 44.3 Å². The van der Waals surface area contributed by atoms with E-state index in [4.69, 9.17) is 14.7 Å². The number of hydrogen-bond donors (Lipinski definition) is 2. The molecule has 0 radical (unpaired) electrons. The first kappa shape index (κ1) is 26.6. The number of carbonyl (C=O) groups excluding carboxylic acids is 1. The summed E-state index contributed by atoms with van der Waals surface area (Å²) in [6, 6.07) is 16.2. The first-order valence-corrected chi connectivity index (χ1v) is 14.6. The highest BCUT2D eigenvalue weighted by Gasteiger charge is 2.33. The van der Waals surface area contributed by atoms with Crippen LogP contribution in [0, 0.1) is 0 Å². The largest absolute Gasteiger partial charge is 0.391 e. The maximum atomic E-state index is 13.4. The molecule has 4 atom stereocenters. The van der Waals surface area contributed by atoms with Crippen molar-refractivity contribution < 1.29 is 14.6 Å². The second kappa shape index (κ2) is 10.8. The molecule has 0 bridgehead atoms. The predicted molar refractivity (Wildman–Crippen MR) is 160 cm³/mol. The Morgan fingerprint density at radius 1 is 1.12 bits per heavy atom. The number of ether oxygens (including phenoxy) is 1. The lowest BCUT2D eigenvalue weighted by molar-refractivity contribution is 0.0448. The molecule has 10 nitrogen and oxygen atoms in total. The average Bonchev–Trinajstić information content (AvgIpc) is 3.75. The zero-order valence-corrected chi connectivity index (χ0v) is 23.8. The lowest BCUT2D eigenvalue weighted by atomic mass is 9.89. The number of nitrogens with one attached hydrogen (secondary N) is 1. The molecule has 216 valence electrons. The third-order valence-electron chi connectivity index (χ3n) is 8.85. The molecule has 4 aromatic heterocycles. The molecule has 2 aliphatic rings. The van der Waals surface area contributed by atoms with Crippen LogP contribution in [0.15, 0.2) is 67.1 Å². The van der Waals surface area contributed by atoms with Crippen molar-refractivity contribution in [2.45, 2.75) is 62.9 Å². The Kier molecular flexibility index (Phi) is 6.87. The summed E-state index contributed by atoms with van der Waals surface area (Å²) in [5, 5.41) is 18.6. The van der Waals surface area contributed by atoms with Crippen molar-refractivity contribution in [1.29, 1.82) is 0 Å². The first-order valence-electron chi connectivity index (χ1n) is 14.6. The molecular weight excluding hydrogens is 530 g/mol. The van der Waals surface area contributed by atoms with Crippen LogP contribution in [0.5, 0.6) is 0 Å². The predicted octanol–water partition coefficient (Wildman–Crippen LogP) is 4.38. The fraction of sp³-hybridized carbons (Fsp3) is 0.375. The highest BCUT2D eigenvalue weighted by atomic mass is 16.5. The standard InChI is InChI=1S/C32H35N7O3/c1-37(18-20-8-4-3-5-9-20)29-16-25(35-31-22(17-34-39(29)31)32(41)36-24-13-14-27(24)40)23-19-38(26-11-6-12-28(26)42-2)30-21(23)10-7-15-33-30/h3-5,7-10,15-17,19,24,26-28,40H,6,11-14,18H2,1-2H3,(H,36,41)/t24-,26+,27+,28+/m1/s1. The Balaban J connectivity index is 1.37. The number of carbonyl (C=O) groups is 1. The number of rotatable bonds is 8. The Morgan fingerprint density at radius 3 is 2.74 bits per heavy atom. The molecule has 2 N–H and O–H groups in total. The maximum absolute atomic E-state index is 13.4. The zero-order chi connectivity index (χ0) is 28.8. The molecule has 42 heavy (non-hydrogen) atoms. The Hall–Kier alpha value is -4.28. The Bertz CT molecular complexity index is 1750. The second-order valence-electron chi connectivity index (χ2n) is 11.5. The fourth-order valence-electron chi connectivity index (χ4n) is 6.39. The number of aromatic nitrogens is 5. The lowest BCUT2D eigenvalue weighted by Gasteiger charge is -2.32. The van der Waals surface area contributed by atoms with Crippen molar-refractivity contribution in [3.8, 4) is 11.3 Å². The van der Waals surface area contributed by atoms with Gasteiger partial charge in [-0.15, -0.1) is 0 Å². The normalized spacial score (nSPS) is 22.0. The number of pyridine rings is 1. The van der Waals surface area contributed by atoms with Crippen LogP contribution in [0.3, 0.4) is 0 Å². The number of hydrogen-bond acceptors (Lipinski definition) is 7. The Labute approximate surface area is 244 Å². The van der Waals surface area contributed by atoms with E-state index in [0.717, 1.165) is 59.4 Å². The number of aliphatic hydroxyl groups excluding tert-OH is 1. The summed E-state index contributed by atoms with van der Waals surface area (Å²) < 4.78 is 9.82. The van der Waals surface area contributed by atoms with Crippen LogP contribution >= 0.6 is 0 Å². The van der Waals surface area contributed by atoms with Gasteiger partial charge < -0.3 is 24.6 Å². The van der Waals surface area contributed by atoms with Gasteiger partial charge >= 0.3 is 0 Å². The summed E-state index contributed by atoms with van der Waals surface area (Å²) in [6.07, 6.45) is 9.74. The minimum atomic E-state index is -0.517. The molecule has 2 aliphatic carbocycles. The molecule has 7 rings (SSSR count). The third kappa shape index (κ3) is 4.60. The monoisotopic (exact) mass is 565 g/mol. The molecule has 2 fully saturated rings. The van der Waals surface area contributed by atoms with Crippen molar-refractivity contribution in [3.05, 3.63) is 78.2 Å². The lowest BCUT2D eigenvalue weighted by Crippen LogP contribution is -2.50. The van der Waals surface area contributed by atoms with Gasteiger partial charge in [-0.1, -0.05) is 30.3 Å². The minimum Gasteiger partial charge on any atom is -0.391 e. The van der Waals surface area contributed by atoms with E-state index in [-0.39, 0.29) is 24.1 Å². The molecule has 0 aliphatic heterocycles. The van der Waals surface area contributed by atoms with E-state index in [9.17, 15) is 9.90 Å². The number of anilines is 1. The van der Waals surface area contributed by atoms with E-state index in [1.54, 1.807) is 17.8 Å². The molecule has 10 heteroatoms. The van der Waals surface area contributed by atoms with Gasteiger partial charge in [0.25, 0.3) is 5.91 Å². The maximum Gasteiger partial charge on any atom is 0.257 e. The SMILES string of the molecule is CO[C@H]1CCC[C@@H]1n1cc(-c2cc(N(C)Cc3ccccc3)n3ncc(C(=O)N[C@@H]4CC[C@@H]4O)c3n2)c2cccnc21. The van der Waals surface area contributed by atoms with E-state index in [1.807, 2.05) is 43.6 Å². The van der Waals surface area contributed by atoms with Gasteiger partial charge in [0.2, 0.25) is 0 Å². The molecule has 5 aromatic rings. The number of nitrogens with zero attached hydrogens (tertiary/aromatic N) is 6. The molecule has 0 spiro atoms. The topological polar surface area (TPSA) is 110 Å². The number of amides is 1. The van der Waals surface area contributed by atoms with Crippen LogP contribution in [0.4, 0.5) is 5.82 Å². The number of methoxy groups -OCH3 is 1. The summed E-state index contributed by atoms with van der Waals surface area (Å²) in [4.78, 5) is 25.3. The van der Waals surface area contributed by atoms with Crippen LogP contribution in [0.25, 0.3) is 27.9 Å². The van der Waals surface area contributed by atoms with Gasteiger partial charge in [0.15, 0.2) is 5.65 Å². The van der Waals surface area contributed by atoms with Gasteiger partial charge in [0.1, 0.15) is 17.0 Å². The van der Waals surface area contributed by atoms with Gasteiger partial charge in [-0.25, -0.2) is 9.97 Å². The molecule has 0 saturated heterocycles. The van der Waals surface area contributed by atoms with Crippen molar-refractivity contribution in [2.24, 2.45) is 0 Å². The molecule has 4 heterocycles. The summed E-state index contributed by atoms with van der Waals surface area (Å²) in [6.45, 7) is 0.649. The van der Waals surface area contributed by atoms with Crippen molar-refractivity contribution >= 4 is 28.4 Å². The highest BCUT2D eigenvalue weighted by molar-refractivity contribution is 6.01. The first-order chi connectivity index (χ1) is 20.5. The molecule has 1 aromatic carbocycles. The molecule has 1 amide bonds. The summed E-state index contributed by atoms with van der Waals surface area (Å²) >= 11 is 0. The van der Waals surface area contributed by atoms with Crippen LogP contribution in [0.1, 0.15) is 54.1 Å². The van der Waals surface area contributed by atoms with Gasteiger partial charge in [-0.05, 0) is 49.8 Å². The number of fused-ring (bicyclic) bond motifs is 2. The molecular formula is C32H35N7O3. The quantitative estimate of drug-likeness (QED) is 0.287. The van der Waals surface area contributed by atoms with Crippen LogP contribution < -0.4 is 10.2 Å². The smallest absolute Gasteiger partial charge is 0.257 e. The van der Waals surface area contributed by atoms with Crippen molar-refractivity contribution in [3.63, 3.8) is 0 Å². The van der Waals surface area contributed by atoms with E-state index in [0.29, 0.717) is 24.2 Å². The summed E-state index contributed by atoms with van der Waals surface area (Å²) in [5.74, 6) is 0.523. The van der Waals surface area contributed by atoms with Gasteiger partial charge in [-0.2, -0.15) is 9.61 Å². The van der Waals surface area contributed by atoms with E-state index < -0.39 is 6.10 Å². The second-order valence-corrected chi connectivity index (χ2v) is 11.5. The number of benzene rings is 1. The van der Waals surface area contributed by atoms with Crippen molar-refractivity contribution in [2.75, 3.05) is 19.1 Å². The van der Waals surface area contributed by atoms with Gasteiger partial charge in [-0.3, -0.25) is 4.79 Å². The van der Waals surface area contributed by atoms with E-state index in [1.165, 1.54) is 0 Å². The van der Waals surface area contributed by atoms with Crippen LogP contribution in [-0.2, 0) is 11.3 Å². The van der Waals surface area contributed by atoms with Crippen LogP contribution in [0.2, 0.25) is 0 Å². The number of aliphatic hydroxyl groups is 1. The zero-order valence-electron chi connectivity index (χ0n) is 23.8. The molecule has 2 saturated carbocycles. The third-order valence-corrected chi connectivity index (χ3v) is 8.85. The van der Waals surface area contributed by atoms with Gasteiger partial charge in [0.05, 0.1) is 36.2 Å². The van der Waals surface area contributed by atoms with Crippen LogP contribution in [-0.4, -0.2) is 67.6 Å². The summed E-state index contributed by atoms with van der Waals surface area (Å²) in [7, 11) is 3.80. The Morgan fingerprint density at radius 2 is 1.98 bits per heavy atom. The summed E-state index contributed by atoms with van der Waals surface area (Å²) in [5.41, 5.74) is 4.57. The minimum absolute atomic E-state index is 0.130. The van der Waals surface area contributed by atoms with Crippen molar-refractivity contribution in [1.82, 2.24) is 29.5 Å².